The van der Waals surface area contributed by atoms with Crippen molar-refractivity contribution in [2.75, 3.05) is 12.4 Å². The third-order valence-electron chi connectivity index (χ3n) is 5.01. The fraction of sp³-hybridized carbons (Fsp3) is 0.115. The van der Waals surface area contributed by atoms with E-state index in [0.717, 1.165) is 32.3 Å². The van der Waals surface area contributed by atoms with E-state index >= 15 is 0 Å². The van der Waals surface area contributed by atoms with Gasteiger partial charge in [-0.2, -0.15) is 0 Å². The zero-order valence-electron chi connectivity index (χ0n) is 17.6. The summed E-state index contributed by atoms with van der Waals surface area (Å²) in [6.07, 6.45) is 2.69. The maximum absolute atomic E-state index is 12.6. The van der Waals surface area contributed by atoms with Gasteiger partial charge in [-0.1, -0.05) is 54.6 Å². The monoisotopic (exact) mass is 442 g/mol. The third-order valence-corrected chi connectivity index (χ3v) is 6.11. The van der Waals surface area contributed by atoms with Gasteiger partial charge >= 0.3 is 5.97 Å². The summed E-state index contributed by atoms with van der Waals surface area (Å²) in [5, 5.41) is 3.83. The van der Waals surface area contributed by atoms with Gasteiger partial charge in [0.15, 0.2) is 0 Å². The van der Waals surface area contributed by atoms with Crippen molar-refractivity contribution in [2.45, 2.75) is 12.8 Å². The van der Waals surface area contributed by atoms with E-state index in [2.05, 4.69) is 15.0 Å². The Balaban J connectivity index is 1.38. The number of anilines is 1. The largest absolute Gasteiger partial charge is 0.469 e. The number of rotatable bonds is 7. The first-order valence-electron chi connectivity index (χ1n) is 10.2. The highest BCUT2D eigenvalue weighted by molar-refractivity contribution is 7.15. The van der Waals surface area contributed by atoms with Crippen LogP contribution in [-0.2, 0) is 16.0 Å². The lowest BCUT2D eigenvalue weighted by Gasteiger charge is -2.07. The van der Waals surface area contributed by atoms with Crippen molar-refractivity contribution in [3.05, 3.63) is 95.6 Å². The van der Waals surface area contributed by atoms with Crippen LogP contribution >= 0.6 is 11.3 Å². The molecule has 160 valence electrons. The van der Waals surface area contributed by atoms with E-state index < -0.39 is 0 Å². The van der Waals surface area contributed by atoms with E-state index in [0.29, 0.717) is 18.4 Å². The van der Waals surface area contributed by atoms with Crippen LogP contribution in [0, 0.1) is 0 Å². The van der Waals surface area contributed by atoms with Crippen LogP contribution in [0.15, 0.2) is 85.1 Å². The lowest BCUT2D eigenvalue weighted by atomic mass is 10.0. The number of hydrogen-bond acceptors (Lipinski definition) is 5. The van der Waals surface area contributed by atoms with Crippen LogP contribution in [0.3, 0.4) is 0 Å². The number of hydrogen-bond donors (Lipinski definition) is 1. The summed E-state index contributed by atoms with van der Waals surface area (Å²) in [5.41, 5.74) is 4.53. The zero-order valence-corrected chi connectivity index (χ0v) is 18.4. The Labute approximate surface area is 190 Å². The van der Waals surface area contributed by atoms with Gasteiger partial charge in [-0.3, -0.25) is 9.59 Å². The Morgan fingerprint density at radius 3 is 2.22 bits per heavy atom. The molecule has 4 rings (SSSR count). The van der Waals surface area contributed by atoms with E-state index in [1.165, 1.54) is 7.11 Å². The van der Waals surface area contributed by atoms with Crippen LogP contribution in [0.1, 0.15) is 21.8 Å². The number of carbonyl (C=O) groups is 2. The summed E-state index contributed by atoms with van der Waals surface area (Å²) in [6.45, 7) is 0. The van der Waals surface area contributed by atoms with Gasteiger partial charge in [0.05, 0.1) is 23.4 Å². The summed E-state index contributed by atoms with van der Waals surface area (Å²) < 4.78 is 4.67. The number of nitrogens with zero attached hydrogens (tertiary/aromatic N) is 1. The molecule has 5 nitrogen and oxygen atoms in total. The minimum absolute atomic E-state index is 0.153. The molecule has 1 N–H and O–H groups in total. The number of thiazole rings is 1. The molecule has 0 aliphatic carbocycles. The molecule has 1 amide bonds. The second kappa shape index (κ2) is 10.0. The van der Waals surface area contributed by atoms with Gasteiger partial charge in [0, 0.05) is 23.9 Å². The van der Waals surface area contributed by atoms with Crippen molar-refractivity contribution < 1.29 is 14.3 Å². The molecule has 1 heterocycles. The van der Waals surface area contributed by atoms with Gasteiger partial charge in [-0.15, -0.1) is 11.3 Å². The molecule has 0 fully saturated rings. The zero-order chi connectivity index (χ0) is 22.3. The standard InChI is InChI=1S/C26H22N2O3S/c1-31-25(29)16-15-24-27-17-23(32-24)20-11-13-22(14-12-20)28-26(30)21-9-7-19(8-10-21)18-5-3-2-4-6-18/h2-14,17H,15-16H2,1H3,(H,28,30). The van der Waals surface area contributed by atoms with Crippen LogP contribution < -0.4 is 5.32 Å². The molecule has 0 saturated carbocycles. The number of esters is 1. The van der Waals surface area contributed by atoms with Crippen molar-refractivity contribution in [3.63, 3.8) is 0 Å². The highest BCUT2D eigenvalue weighted by Gasteiger charge is 2.09. The van der Waals surface area contributed by atoms with Gasteiger partial charge in [0.2, 0.25) is 0 Å². The highest BCUT2D eigenvalue weighted by atomic mass is 32.1. The maximum atomic E-state index is 12.6. The van der Waals surface area contributed by atoms with Crippen LogP contribution in [-0.4, -0.2) is 24.0 Å². The van der Waals surface area contributed by atoms with Gasteiger partial charge in [0.25, 0.3) is 5.91 Å². The molecule has 0 unspecified atom stereocenters. The Hall–Kier alpha value is -3.77. The Morgan fingerprint density at radius 2 is 1.53 bits per heavy atom. The predicted molar refractivity (Wildman–Crippen MR) is 128 cm³/mol. The fourth-order valence-electron chi connectivity index (χ4n) is 3.24. The van der Waals surface area contributed by atoms with Crippen molar-refractivity contribution in [3.8, 4) is 21.6 Å². The van der Waals surface area contributed by atoms with Crippen LogP contribution in [0.2, 0.25) is 0 Å². The minimum atomic E-state index is -0.239. The van der Waals surface area contributed by atoms with Crippen molar-refractivity contribution in [1.29, 1.82) is 0 Å². The van der Waals surface area contributed by atoms with E-state index in [9.17, 15) is 9.59 Å². The van der Waals surface area contributed by atoms with Crippen LogP contribution in [0.25, 0.3) is 21.6 Å². The number of aromatic nitrogens is 1. The van der Waals surface area contributed by atoms with E-state index in [1.54, 1.807) is 17.5 Å². The average Bonchev–Trinajstić information content (AvgIpc) is 3.32. The second-order valence-electron chi connectivity index (χ2n) is 7.17. The molecule has 0 atom stereocenters. The number of nitrogens with one attached hydrogen (secondary N) is 1. The molecule has 0 radical (unpaired) electrons. The molecule has 0 aliphatic heterocycles. The fourth-order valence-corrected chi connectivity index (χ4v) is 4.16. The molecule has 3 aromatic carbocycles. The second-order valence-corrected chi connectivity index (χ2v) is 8.28. The first-order chi connectivity index (χ1) is 15.6. The molecule has 32 heavy (non-hydrogen) atoms. The third kappa shape index (κ3) is 5.28. The molecule has 0 saturated heterocycles. The van der Waals surface area contributed by atoms with Crippen LogP contribution in [0.4, 0.5) is 5.69 Å². The van der Waals surface area contributed by atoms with Crippen molar-refractivity contribution in [2.24, 2.45) is 0 Å². The predicted octanol–water partition coefficient (Wildman–Crippen LogP) is 5.84. The van der Waals surface area contributed by atoms with E-state index in [-0.39, 0.29) is 11.9 Å². The first-order valence-corrected chi connectivity index (χ1v) is 11.0. The summed E-state index contributed by atoms with van der Waals surface area (Å²) in [4.78, 5) is 29.3. The smallest absolute Gasteiger partial charge is 0.305 e. The lowest BCUT2D eigenvalue weighted by molar-refractivity contribution is -0.140. The normalized spacial score (nSPS) is 10.5. The number of methoxy groups -OCH3 is 1. The van der Waals surface area contributed by atoms with Gasteiger partial charge < -0.3 is 10.1 Å². The first kappa shape index (κ1) is 21.5. The molecule has 4 aromatic rings. The molecule has 1 aromatic heterocycles. The van der Waals surface area contributed by atoms with Crippen molar-refractivity contribution >= 4 is 28.9 Å². The SMILES string of the molecule is COC(=O)CCc1ncc(-c2ccc(NC(=O)c3ccc(-c4ccccc4)cc3)cc2)s1. The highest BCUT2D eigenvalue weighted by Crippen LogP contribution is 2.28. The number of benzene rings is 3. The number of amides is 1. The summed E-state index contributed by atoms with van der Waals surface area (Å²) >= 11 is 1.55. The number of aryl methyl sites for hydroxylation is 1. The molecular weight excluding hydrogens is 420 g/mol. The Morgan fingerprint density at radius 1 is 0.875 bits per heavy atom. The molecule has 0 aliphatic rings. The van der Waals surface area contributed by atoms with Gasteiger partial charge in [-0.05, 0) is 41.0 Å². The van der Waals surface area contributed by atoms with E-state index in [4.69, 9.17) is 0 Å². The Bertz CT molecular complexity index is 1200. The Kier molecular flexibility index (Phi) is 6.72. The summed E-state index contributed by atoms with van der Waals surface area (Å²) in [6, 6.07) is 25.3. The topological polar surface area (TPSA) is 68.3 Å². The van der Waals surface area contributed by atoms with Crippen molar-refractivity contribution in [1.82, 2.24) is 4.98 Å². The quantitative estimate of drug-likeness (QED) is 0.365. The number of ether oxygens (including phenoxy) is 1. The van der Waals surface area contributed by atoms with Crippen LogP contribution in [0.5, 0.6) is 0 Å². The molecule has 6 heteroatoms. The molecule has 0 bridgehead atoms. The maximum Gasteiger partial charge on any atom is 0.305 e. The minimum Gasteiger partial charge on any atom is -0.469 e. The van der Waals surface area contributed by atoms with E-state index in [1.807, 2.05) is 78.9 Å². The number of carbonyl (C=O) groups excluding carboxylic acids is 2. The average molecular weight is 443 g/mol. The molecule has 0 spiro atoms. The summed E-state index contributed by atoms with van der Waals surface area (Å²) in [5.74, 6) is -0.392. The van der Waals surface area contributed by atoms with Gasteiger partial charge in [-0.25, -0.2) is 4.98 Å². The molecular formula is C26H22N2O3S. The summed E-state index contributed by atoms with van der Waals surface area (Å²) in [7, 11) is 1.38. The lowest BCUT2D eigenvalue weighted by Crippen LogP contribution is -2.11. The van der Waals surface area contributed by atoms with Gasteiger partial charge in [0.1, 0.15) is 0 Å².